The summed E-state index contributed by atoms with van der Waals surface area (Å²) in [5, 5.41) is 13.8. The number of nitrogens with zero attached hydrogens (tertiary/aromatic N) is 3. The number of thioether (sulfide) groups is 1. The van der Waals surface area contributed by atoms with Gasteiger partial charge in [-0.1, -0.05) is 11.8 Å². The number of benzene rings is 1. The number of halogens is 1. The number of nitrogens with one attached hydrogen (secondary N) is 2. The number of hydrogen-bond donors (Lipinski definition) is 3. The third kappa shape index (κ3) is 5.57. The van der Waals surface area contributed by atoms with E-state index in [0.717, 1.165) is 11.8 Å². The van der Waals surface area contributed by atoms with Crippen molar-refractivity contribution >= 4 is 23.8 Å². The molecule has 2 aromatic heterocycles. The molecule has 0 radical (unpaired) electrons. The fraction of sp³-hybridized carbons (Fsp3) is 0.273. The van der Waals surface area contributed by atoms with E-state index in [1.54, 1.807) is 26.0 Å². The van der Waals surface area contributed by atoms with Crippen molar-refractivity contribution in [3.63, 3.8) is 0 Å². The summed E-state index contributed by atoms with van der Waals surface area (Å²) < 4.78 is 30.7. The van der Waals surface area contributed by atoms with E-state index in [0.29, 0.717) is 33.9 Å². The van der Waals surface area contributed by atoms with Crippen LogP contribution in [-0.4, -0.2) is 39.2 Å². The Bertz CT molecular complexity index is 1260. The van der Waals surface area contributed by atoms with Gasteiger partial charge in [-0.05, 0) is 50.2 Å². The average Bonchev–Trinajstić information content (AvgIpc) is 3.42. The first-order valence-electron chi connectivity index (χ1n) is 10.6. The minimum absolute atomic E-state index is 0.00698. The lowest BCUT2D eigenvalue weighted by Crippen LogP contribution is -2.46. The van der Waals surface area contributed by atoms with Crippen molar-refractivity contribution in [1.29, 1.82) is 0 Å². The van der Waals surface area contributed by atoms with Gasteiger partial charge in [-0.3, -0.25) is 0 Å². The van der Waals surface area contributed by atoms with Crippen LogP contribution in [0.3, 0.4) is 0 Å². The predicted molar refractivity (Wildman–Crippen MR) is 123 cm³/mol. The largest absolute Gasteiger partial charge is 0.486 e. The molecule has 1 aliphatic heterocycles. The third-order valence-electron chi connectivity index (χ3n) is 4.96. The van der Waals surface area contributed by atoms with Crippen LogP contribution in [0.5, 0.6) is 5.75 Å². The summed E-state index contributed by atoms with van der Waals surface area (Å²) in [5.74, 6) is 7.12. The SMILES string of the molecule is CCOC(=O)C1=C(CSc2nnc(COc3ccc(F)cc3)n2N)NC(=O)NC1c1ccc(C)o1. The maximum atomic E-state index is 13.0. The number of nitrogen functional groups attached to an aromatic ring is 1. The van der Waals surface area contributed by atoms with E-state index in [4.69, 9.17) is 19.7 Å². The monoisotopic (exact) mass is 502 g/mol. The number of carbonyl (C=O) groups is 2. The number of carbonyl (C=O) groups excluding carboxylic acids is 2. The minimum Gasteiger partial charge on any atom is -0.486 e. The summed E-state index contributed by atoms with van der Waals surface area (Å²) in [6.45, 7) is 3.63. The molecule has 0 saturated carbocycles. The number of ether oxygens (including phenoxy) is 2. The fourth-order valence-electron chi connectivity index (χ4n) is 3.32. The van der Waals surface area contributed by atoms with Gasteiger partial charge in [0.15, 0.2) is 5.82 Å². The van der Waals surface area contributed by atoms with Gasteiger partial charge >= 0.3 is 12.0 Å². The second-order valence-corrected chi connectivity index (χ2v) is 8.34. The number of rotatable bonds is 9. The van der Waals surface area contributed by atoms with E-state index in [-0.39, 0.29) is 30.4 Å². The van der Waals surface area contributed by atoms with Crippen LogP contribution >= 0.6 is 11.8 Å². The Morgan fingerprint density at radius 1 is 1.26 bits per heavy atom. The molecular weight excluding hydrogens is 479 g/mol. The molecule has 0 bridgehead atoms. The summed E-state index contributed by atoms with van der Waals surface area (Å²) in [4.78, 5) is 25.2. The summed E-state index contributed by atoms with van der Waals surface area (Å²) in [6.07, 6.45) is 0. The van der Waals surface area contributed by atoms with Crippen molar-refractivity contribution in [2.24, 2.45) is 0 Å². The smallest absolute Gasteiger partial charge is 0.338 e. The third-order valence-corrected chi connectivity index (χ3v) is 5.93. The fourth-order valence-corrected chi connectivity index (χ4v) is 4.17. The molecule has 4 rings (SSSR count). The molecule has 0 saturated heterocycles. The number of amides is 2. The second kappa shape index (κ2) is 10.5. The number of hydrogen-bond acceptors (Lipinski definition) is 9. The van der Waals surface area contributed by atoms with Crippen LogP contribution in [0.15, 0.2) is 57.2 Å². The van der Waals surface area contributed by atoms with Crippen LogP contribution in [0.1, 0.15) is 30.3 Å². The van der Waals surface area contributed by atoms with Gasteiger partial charge in [0.2, 0.25) is 5.16 Å². The summed E-state index contributed by atoms with van der Waals surface area (Å²) in [6, 6.07) is 7.67. The molecule has 11 nitrogen and oxygen atoms in total. The maximum Gasteiger partial charge on any atom is 0.338 e. The van der Waals surface area contributed by atoms with Crippen LogP contribution in [0.4, 0.5) is 9.18 Å². The highest BCUT2D eigenvalue weighted by atomic mass is 32.2. The molecule has 1 atom stereocenters. The Labute approximate surface area is 203 Å². The first kappa shape index (κ1) is 24.1. The number of urea groups is 1. The Kier molecular flexibility index (Phi) is 7.25. The summed E-state index contributed by atoms with van der Waals surface area (Å²) >= 11 is 1.16. The first-order chi connectivity index (χ1) is 16.9. The van der Waals surface area contributed by atoms with E-state index < -0.39 is 18.0 Å². The molecule has 0 aliphatic carbocycles. The number of aromatic nitrogens is 3. The highest BCUT2D eigenvalue weighted by molar-refractivity contribution is 7.99. The molecule has 13 heteroatoms. The molecule has 1 aliphatic rings. The zero-order valence-electron chi connectivity index (χ0n) is 18.9. The van der Waals surface area contributed by atoms with E-state index >= 15 is 0 Å². The Morgan fingerprint density at radius 3 is 2.71 bits per heavy atom. The summed E-state index contributed by atoms with van der Waals surface area (Å²) in [7, 11) is 0. The zero-order valence-corrected chi connectivity index (χ0v) is 19.7. The number of nitrogens with two attached hydrogens (primary N) is 1. The predicted octanol–water partition coefficient (Wildman–Crippen LogP) is 2.57. The van der Waals surface area contributed by atoms with E-state index in [9.17, 15) is 14.0 Å². The van der Waals surface area contributed by atoms with Crippen LogP contribution in [0.25, 0.3) is 0 Å². The molecule has 2 amide bonds. The van der Waals surface area contributed by atoms with Gasteiger partial charge in [-0.15, -0.1) is 10.2 Å². The highest BCUT2D eigenvalue weighted by Crippen LogP contribution is 2.31. The molecule has 184 valence electrons. The first-order valence-corrected chi connectivity index (χ1v) is 11.6. The van der Waals surface area contributed by atoms with Crippen LogP contribution in [-0.2, 0) is 16.1 Å². The lowest BCUT2D eigenvalue weighted by atomic mass is 10.0. The van der Waals surface area contributed by atoms with Gasteiger partial charge in [0.05, 0.1) is 12.2 Å². The van der Waals surface area contributed by atoms with E-state index in [2.05, 4.69) is 20.8 Å². The minimum atomic E-state index is -0.817. The van der Waals surface area contributed by atoms with Gasteiger partial charge in [0.1, 0.15) is 35.7 Å². The van der Waals surface area contributed by atoms with Gasteiger partial charge in [0, 0.05) is 11.4 Å². The maximum absolute atomic E-state index is 13.0. The lowest BCUT2D eigenvalue weighted by molar-refractivity contribution is -0.139. The Balaban J connectivity index is 1.52. The quantitative estimate of drug-likeness (QED) is 0.228. The molecule has 35 heavy (non-hydrogen) atoms. The Hall–Kier alpha value is -4.00. The number of esters is 1. The van der Waals surface area contributed by atoms with Crippen molar-refractivity contribution in [2.45, 2.75) is 31.7 Å². The summed E-state index contributed by atoms with van der Waals surface area (Å²) in [5.41, 5.74) is 0.555. The molecule has 3 aromatic rings. The van der Waals surface area contributed by atoms with E-state index in [1.165, 1.54) is 28.9 Å². The van der Waals surface area contributed by atoms with Crippen molar-refractivity contribution < 1.29 is 27.9 Å². The molecule has 0 fully saturated rings. The molecular formula is C22H23FN6O5S. The van der Waals surface area contributed by atoms with Crippen molar-refractivity contribution in [3.05, 3.63) is 70.8 Å². The average molecular weight is 503 g/mol. The van der Waals surface area contributed by atoms with E-state index in [1.807, 2.05) is 0 Å². The zero-order chi connectivity index (χ0) is 24.9. The van der Waals surface area contributed by atoms with Crippen molar-refractivity contribution in [2.75, 3.05) is 18.2 Å². The second-order valence-electron chi connectivity index (χ2n) is 7.39. The van der Waals surface area contributed by atoms with Crippen LogP contribution in [0, 0.1) is 12.7 Å². The molecule has 1 unspecified atom stereocenters. The Morgan fingerprint density at radius 2 is 2.03 bits per heavy atom. The topological polar surface area (TPSA) is 147 Å². The molecule has 1 aromatic carbocycles. The van der Waals surface area contributed by atoms with Gasteiger partial charge in [-0.2, -0.15) is 0 Å². The van der Waals surface area contributed by atoms with Gasteiger partial charge < -0.3 is 30.4 Å². The van der Waals surface area contributed by atoms with Crippen molar-refractivity contribution in [3.8, 4) is 5.75 Å². The highest BCUT2D eigenvalue weighted by Gasteiger charge is 2.35. The van der Waals surface area contributed by atoms with Crippen LogP contribution < -0.4 is 21.2 Å². The lowest BCUT2D eigenvalue weighted by Gasteiger charge is -2.27. The molecule has 3 heterocycles. The number of aryl methyl sites for hydroxylation is 1. The standard InChI is InChI=1S/C22H23FN6O5S/c1-3-32-20(30)18-15(25-21(31)26-19(18)16-9-4-12(2)34-16)11-35-22-28-27-17(29(22)24)10-33-14-7-5-13(23)6-8-14/h4-9,19H,3,10-11,24H2,1-2H3,(H2,25,26,31). The normalized spacial score (nSPS) is 15.5. The number of furan rings is 1. The van der Waals surface area contributed by atoms with Crippen molar-refractivity contribution in [1.82, 2.24) is 25.5 Å². The molecule has 0 spiro atoms. The molecule has 4 N–H and O–H groups in total. The van der Waals surface area contributed by atoms with Gasteiger partial charge in [-0.25, -0.2) is 18.7 Å². The van der Waals surface area contributed by atoms with Crippen LogP contribution in [0.2, 0.25) is 0 Å². The van der Waals surface area contributed by atoms with Gasteiger partial charge in [0.25, 0.3) is 0 Å².